The number of thioether (sulfide) groups is 1. The van der Waals surface area contributed by atoms with Crippen LogP contribution in [0.5, 0.6) is 0 Å². The van der Waals surface area contributed by atoms with Gasteiger partial charge in [0.15, 0.2) is 5.16 Å². The summed E-state index contributed by atoms with van der Waals surface area (Å²) in [5.74, 6) is -0.0943. The van der Waals surface area contributed by atoms with Gasteiger partial charge in [0.2, 0.25) is 5.91 Å². The Hall–Kier alpha value is -3.38. The van der Waals surface area contributed by atoms with Crippen LogP contribution in [0.2, 0.25) is 0 Å². The molecule has 2 N–H and O–H groups in total. The molecule has 0 unspecified atom stereocenters. The third kappa shape index (κ3) is 3.94. The fourth-order valence-electron chi connectivity index (χ4n) is 2.12. The van der Waals surface area contributed by atoms with Gasteiger partial charge in [0.05, 0.1) is 33.3 Å². The number of anilines is 1. The van der Waals surface area contributed by atoms with Gasteiger partial charge < -0.3 is 10.3 Å². The lowest BCUT2D eigenvalue weighted by Crippen LogP contribution is -2.14. The highest BCUT2D eigenvalue weighted by Gasteiger charge is 2.11. The Balaban J connectivity index is 1.62. The van der Waals surface area contributed by atoms with E-state index in [9.17, 15) is 14.9 Å². The molecule has 3 aromatic rings. The lowest BCUT2D eigenvalue weighted by atomic mass is 10.2. The fourth-order valence-corrected chi connectivity index (χ4v) is 2.80. The first-order valence-corrected chi connectivity index (χ1v) is 8.11. The Morgan fingerprint density at radius 1 is 1.32 bits per heavy atom. The summed E-state index contributed by atoms with van der Waals surface area (Å²) in [7, 11) is 0. The van der Waals surface area contributed by atoms with Crippen LogP contribution in [0.15, 0.2) is 47.6 Å². The number of aromatic nitrogens is 2. The van der Waals surface area contributed by atoms with Crippen LogP contribution in [0.1, 0.15) is 5.56 Å². The number of rotatable bonds is 5. The van der Waals surface area contributed by atoms with Gasteiger partial charge in [-0.3, -0.25) is 14.9 Å². The van der Waals surface area contributed by atoms with Gasteiger partial charge in [-0.05, 0) is 30.3 Å². The van der Waals surface area contributed by atoms with E-state index in [1.54, 1.807) is 30.3 Å². The topological polar surface area (TPSA) is 125 Å². The van der Waals surface area contributed by atoms with E-state index in [4.69, 9.17) is 5.26 Å². The molecule has 0 saturated carbocycles. The van der Waals surface area contributed by atoms with Crippen molar-refractivity contribution < 1.29 is 9.72 Å². The number of aromatic amines is 1. The van der Waals surface area contributed by atoms with E-state index in [1.807, 2.05) is 6.07 Å². The Morgan fingerprint density at radius 2 is 2.08 bits per heavy atom. The molecule has 0 atom stereocenters. The van der Waals surface area contributed by atoms with Crippen LogP contribution in [0.25, 0.3) is 11.0 Å². The maximum absolute atomic E-state index is 12.0. The second-order valence-corrected chi connectivity index (χ2v) is 5.99. The zero-order valence-electron chi connectivity index (χ0n) is 12.7. The highest BCUT2D eigenvalue weighted by molar-refractivity contribution is 7.99. The molecule has 0 saturated heterocycles. The summed E-state index contributed by atoms with van der Waals surface area (Å²) in [5, 5.41) is 22.7. The van der Waals surface area contributed by atoms with Crippen molar-refractivity contribution in [3.63, 3.8) is 0 Å². The number of nitrogens with zero attached hydrogens (tertiary/aromatic N) is 3. The Labute approximate surface area is 146 Å². The average molecular weight is 353 g/mol. The molecule has 1 heterocycles. The van der Waals surface area contributed by atoms with E-state index in [1.165, 1.54) is 23.9 Å². The van der Waals surface area contributed by atoms with E-state index in [2.05, 4.69) is 15.3 Å². The Bertz CT molecular complexity index is 991. The van der Waals surface area contributed by atoms with Crippen molar-refractivity contribution in [2.24, 2.45) is 0 Å². The number of nitro benzene ring substituents is 1. The number of imidazole rings is 1. The van der Waals surface area contributed by atoms with E-state index in [0.717, 1.165) is 0 Å². The number of nitro groups is 1. The van der Waals surface area contributed by atoms with Crippen molar-refractivity contribution in [2.45, 2.75) is 5.16 Å². The van der Waals surface area contributed by atoms with E-state index < -0.39 is 4.92 Å². The van der Waals surface area contributed by atoms with Crippen LogP contribution >= 0.6 is 11.8 Å². The number of benzene rings is 2. The molecule has 124 valence electrons. The molecule has 3 rings (SSSR count). The van der Waals surface area contributed by atoms with Crippen molar-refractivity contribution >= 4 is 40.1 Å². The van der Waals surface area contributed by atoms with Crippen molar-refractivity contribution in [3.8, 4) is 6.07 Å². The van der Waals surface area contributed by atoms with Crippen molar-refractivity contribution in [3.05, 3.63) is 58.1 Å². The third-order valence-electron chi connectivity index (χ3n) is 3.29. The van der Waals surface area contributed by atoms with Crippen LogP contribution in [0.3, 0.4) is 0 Å². The number of hydrogen-bond donors (Lipinski definition) is 2. The molecule has 1 amide bonds. The maximum Gasteiger partial charge on any atom is 0.271 e. The molecular weight excluding hydrogens is 342 g/mol. The maximum atomic E-state index is 12.0. The number of non-ortho nitro benzene ring substituents is 1. The van der Waals surface area contributed by atoms with E-state index in [0.29, 0.717) is 27.4 Å². The first-order valence-electron chi connectivity index (χ1n) is 7.12. The molecular formula is C16H11N5O3S. The van der Waals surface area contributed by atoms with Crippen molar-refractivity contribution in [1.29, 1.82) is 5.26 Å². The summed E-state index contributed by atoms with van der Waals surface area (Å²) in [6.45, 7) is 0. The number of carbonyl (C=O) groups excluding carboxylic acids is 1. The molecule has 0 aliphatic carbocycles. The Kier molecular flexibility index (Phi) is 4.63. The number of nitriles is 1. The largest absolute Gasteiger partial charge is 0.333 e. The lowest BCUT2D eigenvalue weighted by Gasteiger charge is -2.03. The number of H-pyrrole nitrogens is 1. The summed E-state index contributed by atoms with van der Waals surface area (Å²) < 4.78 is 0. The summed E-state index contributed by atoms with van der Waals surface area (Å²) in [6, 6.07) is 12.9. The Morgan fingerprint density at radius 3 is 2.76 bits per heavy atom. The standard InChI is InChI=1S/C16H11N5O3S/c17-8-10-1-3-11(4-2-10)18-15(22)9-25-16-19-13-6-5-12(21(23)24)7-14(13)20-16/h1-7H,9H2,(H,18,22)(H,19,20). The number of nitrogens with one attached hydrogen (secondary N) is 2. The van der Waals surface area contributed by atoms with Gasteiger partial charge in [0, 0.05) is 17.8 Å². The number of carbonyl (C=O) groups is 1. The second-order valence-electron chi connectivity index (χ2n) is 5.03. The van der Waals surface area contributed by atoms with E-state index >= 15 is 0 Å². The number of amides is 1. The molecule has 0 fully saturated rings. The van der Waals surface area contributed by atoms with Gasteiger partial charge in [-0.15, -0.1) is 0 Å². The molecule has 0 aliphatic rings. The molecule has 1 aromatic heterocycles. The van der Waals surface area contributed by atoms with Crippen LogP contribution in [0.4, 0.5) is 11.4 Å². The third-order valence-corrected chi connectivity index (χ3v) is 4.17. The minimum atomic E-state index is -0.474. The van der Waals surface area contributed by atoms with Crippen LogP contribution in [-0.4, -0.2) is 26.6 Å². The van der Waals surface area contributed by atoms with Crippen molar-refractivity contribution in [1.82, 2.24) is 9.97 Å². The predicted octanol–water partition coefficient (Wildman–Crippen LogP) is 3.07. The normalized spacial score (nSPS) is 10.4. The lowest BCUT2D eigenvalue weighted by molar-refractivity contribution is -0.384. The zero-order valence-corrected chi connectivity index (χ0v) is 13.5. The summed E-state index contributed by atoms with van der Waals surface area (Å²) in [5.41, 5.74) is 2.24. The fraction of sp³-hybridized carbons (Fsp3) is 0.0625. The second kappa shape index (κ2) is 7.02. The summed E-state index contributed by atoms with van der Waals surface area (Å²) >= 11 is 1.19. The smallest absolute Gasteiger partial charge is 0.271 e. The average Bonchev–Trinajstić information content (AvgIpc) is 3.02. The van der Waals surface area contributed by atoms with Gasteiger partial charge in [-0.25, -0.2) is 4.98 Å². The zero-order chi connectivity index (χ0) is 17.8. The minimum Gasteiger partial charge on any atom is -0.333 e. The molecule has 0 radical (unpaired) electrons. The SMILES string of the molecule is N#Cc1ccc(NC(=O)CSc2nc3ccc([N+](=O)[O-])cc3[nH]2)cc1. The van der Waals surface area contributed by atoms with Gasteiger partial charge in [0.1, 0.15) is 0 Å². The first kappa shape index (κ1) is 16.5. The molecule has 0 bridgehead atoms. The van der Waals surface area contributed by atoms with E-state index in [-0.39, 0.29) is 17.3 Å². The molecule has 8 nitrogen and oxygen atoms in total. The predicted molar refractivity (Wildman–Crippen MR) is 93.3 cm³/mol. The molecule has 25 heavy (non-hydrogen) atoms. The molecule has 9 heteroatoms. The highest BCUT2D eigenvalue weighted by Crippen LogP contribution is 2.23. The van der Waals surface area contributed by atoms with Crippen LogP contribution < -0.4 is 5.32 Å². The summed E-state index contributed by atoms with van der Waals surface area (Å²) in [6.07, 6.45) is 0. The molecule has 2 aromatic carbocycles. The van der Waals surface area contributed by atoms with Gasteiger partial charge in [0.25, 0.3) is 5.69 Å². The molecule has 0 spiro atoms. The minimum absolute atomic E-state index is 0.0220. The van der Waals surface area contributed by atoms with Crippen LogP contribution in [-0.2, 0) is 4.79 Å². The quantitative estimate of drug-likeness (QED) is 0.412. The van der Waals surface area contributed by atoms with Gasteiger partial charge >= 0.3 is 0 Å². The summed E-state index contributed by atoms with van der Waals surface area (Å²) in [4.78, 5) is 29.5. The number of hydrogen-bond acceptors (Lipinski definition) is 6. The monoisotopic (exact) mass is 353 g/mol. The first-order chi connectivity index (χ1) is 12.0. The number of fused-ring (bicyclic) bond motifs is 1. The van der Waals surface area contributed by atoms with Crippen molar-refractivity contribution in [2.75, 3.05) is 11.1 Å². The highest BCUT2D eigenvalue weighted by atomic mass is 32.2. The van der Waals surface area contributed by atoms with Gasteiger partial charge in [-0.2, -0.15) is 5.26 Å². The molecule has 0 aliphatic heterocycles. The van der Waals surface area contributed by atoms with Crippen LogP contribution in [0, 0.1) is 21.4 Å². The van der Waals surface area contributed by atoms with Gasteiger partial charge in [-0.1, -0.05) is 11.8 Å².